The molecule has 0 atom stereocenters. The number of hydrogen-bond donors (Lipinski definition) is 1. The fraction of sp³-hybridized carbons (Fsp3) is 0.211. The van der Waals surface area contributed by atoms with Gasteiger partial charge in [0.15, 0.2) is 5.82 Å². The van der Waals surface area contributed by atoms with Gasteiger partial charge in [0, 0.05) is 61.5 Å². The molecule has 1 aliphatic rings. The van der Waals surface area contributed by atoms with Gasteiger partial charge in [-0.1, -0.05) is 11.6 Å². The van der Waals surface area contributed by atoms with Crippen LogP contribution < -0.4 is 5.73 Å². The van der Waals surface area contributed by atoms with Crippen LogP contribution in [-0.2, 0) is 19.5 Å². The minimum atomic E-state index is 0.673. The molecule has 0 saturated heterocycles. The Balaban J connectivity index is 1.51. The third-order valence-corrected chi connectivity index (χ3v) is 4.56. The molecule has 0 radical (unpaired) electrons. The molecule has 4 rings (SSSR count). The number of rotatable bonds is 3. The Morgan fingerprint density at radius 3 is 2.76 bits per heavy atom. The van der Waals surface area contributed by atoms with Gasteiger partial charge >= 0.3 is 0 Å². The maximum absolute atomic E-state index is 6.02. The quantitative estimate of drug-likeness (QED) is 0.733. The van der Waals surface area contributed by atoms with E-state index < -0.39 is 0 Å². The number of anilines is 1. The standard InChI is InChI=1S/C19H18ClN5/c20-16-7-13(8-22-10-16)11-25-6-5-18-15(12-25)9-23-19(24-18)14-1-3-17(21)4-2-14/h1-4,7-10H,5-6,11-12,21H2. The monoisotopic (exact) mass is 351 g/mol. The highest BCUT2D eigenvalue weighted by Gasteiger charge is 2.19. The number of halogens is 1. The lowest BCUT2D eigenvalue weighted by Crippen LogP contribution is -2.31. The SMILES string of the molecule is Nc1ccc(-c2ncc3c(n2)CCN(Cc2cncc(Cl)c2)C3)cc1. The minimum absolute atomic E-state index is 0.673. The molecule has 1 aromatic carbocycles. The molecule has 25 heavy (non-hydrogen) atoms. The van der Waals surface area contributed by atoms with Gasteiger partial charge in [-0.2, -0.15) is 0 Å². The van der Waals surface area contributed by atoms with Crippen LogP contribution >= 0.6 is 11.6 Å². The molecule has 0 unspecified atom stereocenters. The topological polar surface area (TPSA) is 67.9 Å². The van der Waals surface area contributed by atoms with Crippen molar-refractivity contribution in [3.05, 3.63) is 70.8 Å². The molecule has 0 saturated carbocycles. The summed E-state index contributed by atoms with van der Waals surface area (Å²) in [6.07, 6.45) is 6.37. The Bertz CT molecular complexity index is 895. The predicted molar refractivity (Wildman–Crippen MR) is 98.9 cm³/mol. The van der Waals surface area contributed by atoms with Crippen LogP contribution in [0.3, 0.4) is 0 Å². The first-order valence-electron chi connectivity index (χ1n) is 8.20. The summed E-state index contributed by atoms with van der Waals surface area (Å²) in [6, 6.07) is 9.62. The highest BCUT2D eigenvalue weighted by molar-refractivity contribution is 6.30. The van der Waals surface area contributed by atoms with Crippen molar-refractivity contribution in [1.29, 1.82) is 0 Å². The number of aromatic nitrogens is 3. The van der Waals surface area contributed by atoms with Gasteiger partial charge in [0.1, 0.15) is 0 Å². The van der Waals surface area contributed by atoms with Gasteiger partial charge in [0.2, 0.25) is 0 Å². The number of nitrogens with two attached hydrogens (primary N) is 1. The fourth-order valence-electron chi connectivity index (χ4n) is 3.08. The molecule has 3 heterocycles. The second kappa shape index (κ2) is 6.78. The summed E-state index contributed by atoms with van der Waals surface area (Å²) in [7, 11) is 0. The van der Waals surface area contributed by atoms with Crippen molar-refractivity contribution in [1.82, 2.24) is 19.9 Å². The van der Waals surface area contributed by atoms with Crippen LogP contribution in [0.25, 0.3) is 11.4 Å². The normalized spacial score (nSPS) is 14.3. The average Bonchev–Trinajstić information content (AvgIpc) is 2.62. The highest BCUT2D eigenvalue weighted by atomic mass is 35.5. The van der Waals surface area contributed by atoms with Crippen LogP contribution in [0.15, 0.2) is 48.9 Å². The number of nitrogens with zero attached hydrogens (tertiary/aromatic N) is 4. The molecule has 0 amide bonds. The Morgan fingerprint density at radius 1 is 1.12 bits per heavy atom. The van der Waals surface area contributed by atoms with Crippen molar-refractivity contribution >= 4 is 17.3 Å². The second-order valence-corrected chi connectivity index (χ2v) is 6.70. The van der Waals surface area contributed by atoms with Crippen LogP contribution in [0.5, 0.6) is 0 Å². The summed E-state index contributed by atoms with van der Waals surface area (Å²) in [6.45, 7) is 2.62. The summed E-state index contributed by atoms with van der Waals surface area (Å²) in [5.74, 6) is 0.756. The van der Waals surface area contributed by atoms with Crippen LogP contribution in [0.4, 0.5) is 5.69 Å². The lowest BCUT2D eigenvalue weighted by molar-refractivity contribution is 0.242. The third kappa shape index (κ3) is 3.62. The first kappa shape index (κ1) is 16.0. The summed E-state index contributed by atoms with van der Waals surface area (Å²) >= 11 is 6.02. The number of fused-ring (bicyclic) bond motifs is 1. The van der Waals surface area contributed by atoms with E-state index in [1.165, 1.54) is 5.56 Å². The predicted octanol–water partition coefficient (Wildman–Crippen LogP) is 3.33. The molecular weight excluding hydrogens is 334 g/mol. The van der Waals surface area contributed by atoms with E-state index in [9.17, 15) is 0 Å². The molecule has 5 nitrogen and oxygen atoms in total. The van der Waals surface area contributed by atoms with E-state index in [2.05, 4.69) is 14.9 Å². The van der Waals surface area contributed by atoms with Crippen LogP contribution in [0, 0.1) is 0 Å². The summed E-state index contributed by atoms with van der Waals surface area (Å²) in [5.41, 5.74) is 10.9. The van der Waals surface area contributed by atoms with E-state index in [-0.39, 0.29) is 0 Å². The zero-order valence-electron chi connectivity index (χ0n) is 13.7. The van der Waals surface area contributed by atoms with Gasteiger partial charge in [-0.05, 0) is 35.9 Å². The van der Waals surface area contributed by atoms with E-state index in [0.29, 0.717) is 5.02 Å². The van der Waals surface area contributed by atoms with E-state index in [4.69, 9.17) is 22.3 Å². The largest absolute Gasteiger partial charge is 0.399 e. The maximum atomic E-state index is 6.02. The van der Waals surface area contributed by atoms with Gasteiger partial charge < -0.3 is 5.73 Å². The van der Waals surface area contributed by atoms with E-state index >= 15 is 0 Å². The van der Waals surface area contributed by atoms with Crippen LogP contribution in [0.2, 0.25) is 5.02 Å². The first-order valence-corrected chi connectivity index (χ1v) is 8.58. The van der Waals surface area contributed by atoms with Crippen molar-refractivity contribution in [2.45, 2.75) is 19.5 Å². The number of pyridine rings is 1. The van der Waals surface area contributed by atoms with Gasteiger partial charge in [-0.15, -0.1) is 0 Å². The Kier molecular flexibility index (Phi) is 4.34. The zero-order chi connectivity index (χ0) is 17.2. The van der Waals surface area contributed by atoms with Crippen molar-refractivity contribution < 1.29 is 0 Å². The maximum Gasteiger partial charge on any atom is 0.159 e. The molecule has 0 bridgehead atoms. The Hall–Kier alpha value is -2.50. The average molecular weight is 352 g/mol. The zero-order valence-corrected chi connectivity index (χ0v) is 14.4. The lowest BCUT2D eigenvalue weighted by Gasteiger charge is -2.28. The van der Waals surface area contributed by atoms with Gasteiger partial charge in [-0.25, -0.2) is 9.97 Å². The summed E-state index contributed by atoms with van der Waals surface area (Å²) in [5, 5.41) is 0.673. The first-order chi connectivity index (χ1) is 12.2. The molecule has 3 aromatic rings. The molecule has 6 heteroatoms. The van der Waals surface area contributed by atoms with Crippen LogP contribution in [-0.4, -0.2) is 26.4 Å². The Morgan fingerprint density at radius 2 is 1.96 bits per heavy atom. The van der Waals surface area contributed by atoms with Gasteiger partial charge in [0.25, 0.3) is 0 Å². The van der Waals surface area contributed by atoms with E-state index in [1.54, 1.807) is 6.20 Å². The van der Waals surface area contributed by atoms with Crippen LogP contribution in [0.1, 0.15) is 16.8 Å². The Labute approximate surface area is 151 Å². The van der Waals surface area contributed by atoms with Crippen molar-refractivity contribution in [3.63, 3.8) is 0 Å². The smallest absolute Gasteiger partial charge is 0.159 e. The molecule has 1 aliphatic heterocycles. The van der Waals surface area contributed by atoms with E-state index in [0.717, 1.165) is 54.4 Å². The number of hydrogen-bond acceptors (Lipinski definition) is 5. The fourth-order valence-corrected chi connectivity index (χ4v) is 3.28. The van der Waals surface area contributed by atoms with Gasteiger partial charge in [-0.3, -0.25) is 9.88 Å². The lowest BCUT2D eigenvalue weighted by atomic mass is 10.1. The van der Waals surface area contributed by atoms with Crippen molar-refractivity contribution in [3.8, 4) is 11.4 Å². The number of nitrogen functional groups attached to an aromatic ring is 1. The summed E-state index contributed by atoms with van der Waals surface area (Å²) < 4.78 is 0. The minimum Gasteiger partial charge on any atom is -0.399 e. The molecule has 0 aliphatic carbocycles. The van der Waals surface area contributed by atoms with Crippen molar-refractivity contribution in [2.75, 3.05) is 12.3 Å². The summed E-state index contributed by atoms with van der Waals surface area (Å²) in [4.78, 5) is 15.8. The molecule has 2 aromatic heterocycles. The molecule has 2 N–H and O–H groups in total. The number of benzene rings is 1. The molecule has 0 spiro atoms. The second-order valence-electron chi connectivity index (χ2n) is 6.26. The van der Waals surface area contributed by atoms with Gasteiger partial charge in [0.05, 0.1) is 10.7 Å². The van der Waals surface area contributed by atoms with E-state index in [1.807, 2.05) is 42.7 Å². The third-order valence-electron chi connectivity index (χ3n) is 4.35. The highest BCUT2D eigenvalue weighted by Crippen LogP contribution is 2.23. The molecular formula is C19H18ClN5. The molecule has 0 fully saturated rings. The molecule has 126 valence electrons. The van der Waals surface area contributed by atoms with Crippen molar-refractivity contribution in [2.24, 2.45) is 0 Å².